The number of carbonyl (C=O) groups is 1. The van der Waals surface area contributed by atoms with E-state index in [1.165, 1.54) is 6.07 Å². The molecule has 1 heterocycles. The number of hydrogen-bond donors (Lipinski definition) is 1. The van der Waals surface area contributed by atoms with Gasteiger partial charge in [0.25, 0.3) is 5.56 Å². The summed E-state index contributed by atoms with van der Waals surface area (Å²) in [6, 6.07) is 1.40. The summed E-state index contributed by atoms with van der Waals surface area (Å²) >= 11 is 0. The van der Waals surface area contributed by atoms with E-state index in [2.05, 4.69) is 5.32 Å². The molecule has 0 fully saturated rings. The first-order valence-electron chi connectivity index (χ1n) is 7.28. The number of aryl methyl sites for hydroxylation is 1. The molecule has 21 heavy (non-hydrogen) atoms. The third-order valence-corrected chi connectivity index (χ3v) is 3.04. The van der Waals surface area contributed by atoms with Crippen LogP contribution in [0.1, 0.15) is 46.2 Å². The van der Waals surface area contributed by atoms with Crippen LogP contribution in [0.5, 0.6) is 0 Å². The van der Waals surface area contributed by atoms with Gasteiger partial charge in [0.2, 0.25) is 5.91 Å². The first-order valence-corrected chi connectivity index (χ1v) is 7.28. The van der Waals surface area contributed by atoms with Crippen LogP contribution in [0, 0.1) is 6.92 Å². The largest absolute Gasteiger partial charge is 0.350 e. The maximum Gasteiger partial charge on any atom is 0.331 e. The number of hydrogen-bond acceptors (Lipinski definition) is 3. The van der Waals surface area contributed by atoms with Gasteiger partial charge in [-0.2, -0.15) is 0 Å². The van der Waals surface area contributed by atoms with Crippen molar-refractivity contribution in [3.05, 3.63) is 32.6 Å². The number of nitrogens with one attached hydrogen (secondary N) is 1. The molecule has 0 bridgehead atoms. The van der Waals surface area contributed by atoms with Gasteiger partial charge in [0.05, 0.1) is 0 Å². The van der Waals surface area contributed by atoms with Crippen LogP contribution in [0.15, 0.2) is 15.7 Å². The minimum absolute atomic E-state index is 0.249. The average Bonchev–Trinajstić information content (AvgIpc) is 2.32. The topological polar surface area (TPSA) is 73.1 Å². The molecule has 0 saturated carbocycles. The van der Waals surface area contributed by atoms with Crippen molar-refractivity contribution in [1.82, 2.24) is 14.5 Å². The minimum Gasteiger partial charge on any atom is -0.350 e. The highest BCUT2D eigenvalue weighted by Crippen LogP contribution is 1.99. The van der Waals surface area contributed by atoms with Gasteiger partial charge in [0.1, 0.15) is 6.54 Å². The van der Waals surface area contributed by atoms with E-state index >= 15 is 0 Å². The highest BCUT2D eigenvalue weighted by molar-refractivity contribution is 5.76. The Kier molecular flexibility index (Phi) is 5.52. The van der Waals surface area contributed by atoms with Gasteiger partial charge >= 0.3 is 5.69 Å². The van der Waals surface area contributed by atoms with Crippen LogP contribution in [-0.4, -0.2) is 20.6 Å². The number of unbranched alkanes of at least 4 members (excludes halogenated alkanes) is 1. The summed E-state index contributed by atoms with van der Waals surface area (Å²) in [6.07, 6.45) is 1.81. The molecule has 1 amide bonds. The maximum absolute atomic E-state index is 12.4. The summed E-state index contributed by atoms with van der Waals surface area (Å²) < 4.78 is 2.54. The molecule has 118 valence electrons. The molecule has 0 aliphatic heterocycles. The fourth-order valence-corrected chi connectivity index (χ4v) is 2.06. The molecule has 0 aliphatic rings. The van der Waals surface area contributed by atoms with Gasteiger partial charge in [-0.15, -0.1) is 0 Å². The molecule has 0 aromatic carbocycles. The molecular weight excluding hydrogens is 270 g/mol. The van der Waals surface area contributed by atoms with Gasteiger partial charge in [-0.3, -0.25) is 18.7 Å². The van der Waals surface area contributed by atoms with Crippen LogP contribution in [0.2, 0.25) is 0 Å². The lowest BCUT2D eigenvalue weighted by atomic mass is 10.1. The second-order valence-electron chi connectivity index (χ2n) is 6.30. The van der Waals surface area contributed by atoms with Crippen molar-refractivity contribution in [2.75, 3.05) is 0 Å². The Balaban J connectivity index is 3.10. The van der Waals surface area contributed by atoms with Crippen LogP contribution < -0.4 is 16.6 Å². The predicted octanol–water partition coefficient (Wildman–Crippen LogP) is 1.03. The van der Waals surface area contributed by atoms with Gasteiger partial charge in [0, 0.05) is 23.8 Å². The van der Waals surface area contributed by atoms with Crippen molar-refractivity contribution >= 4 is 5.91 Å². The van der Waals surface area contributed by atoms with Gasteiger partial charge < -0.3 is 5.32 Å². The van der Waals surface area contributed by atoms with Crippen molar-refractivity contribution in [3.8, 4) is 0 Å². The molecule has 0 unspecified atom stereocenters. The van der Waals surface area contributed by atoms with Crippen LogP contribution in [0.4, 0.5) is 0 Å². The number of aromatic nitrogens is 2. The lowest BCUT2D eigenvalue weighted by molar-refractivity contribution is -0.123. The molecule has 1 aromatic rings. The second-order valence-corrected chi connectivity index (χ2v) is 6.30. The van der Waals surface area contributed by atoms with E-state index in [0.717, 1.165) is 17.4 Å². The molecule has 0 aliphatic carbocycles. The molecule has 1 N–H and O–H groups in total. The van der Waals surface area contributed by atoms with Crippen molar-refractivity contribution in [2.45, 2.75) is 66.1 Å². The Morgan fingerprint density at radius 2 is 1.86 bits per heavy atom. The van der Waals surface area contributed by atoms with Gasteiger partial charge in [-0.25, -0.2) is 4.79 Å². The smallest absolute Gasteiger partial charge is 0.331 e. The zero-order valence-corrected chi connectivity index (χ0v) is 13.5. The highest BCUT2D eigenvalue weighted by atomic mass is 16.2. The van der Waals surface area contributed by atoms with E-state index in [9.17, 15) is 14.4 Å². The van der Waals surface area contributed by atoms with E-state index in [1.807, 2.05) is 27.7 Å². The predicted molar refractivity (Wildman–Crippen MR) is 82.5 cm³/mol. The molecule has 0 atom stereocenters. The lowest BCUT2D eigenvalue weighted by Gasteiger charge is -2.21. The van der Waals surface area contributed by atoms with E-state index in [1.54, 1.807) is 11.5 Å². The Bertz CT molecular complexity index is 621. The molecule has 0 radical (unpaired) electrons. The van der Waals surface area contributed by atoms with Crippen molar-refractivity contribution in [2.24, 2.45) is 0 Å². The van der Waals surface area contributed by atoms with E-state index in [-0.39, 0.29) is 12.5 Å². The zero-order valence-electron chi connectivity index (χ0n) is 13.5. The quantitative estimate of drug-likeness (QED) is 0.882. The standard InChI is InChI=1S/C15H25N3O3/c1-6-7-8-17-11(2)9-13(20)18(14(17)21)10-12(19)16-15(3,4)5/h9H,6-8,10H2,1-5H3,(H,16,19). The summed E-state index contributed by atoms with van der Waals surface area (Å²) in [5.74, 6) is -0.340. The fourth-order valence-electron chi connectivity index (χ4n) is 2.06. The van der Waals surface area contributed by atoms with Gasteiger partial charge in [-0.05, 0) is 34.1 Å². The minimum atomic E-state index is -0.436. The third kappa shape index (κ3) is 4.88. The summed E-state index contributed by atoms with van der Waals surface area (Å²) in [5, 5.41) is 2.75. The average molecular weight is 295 g/mol. The van der Waals surface area contributed by atoms with E-state index in [0.29, 0.717) is 12.2 Å². The van der Waals surface area contributed by atoms with Crippen LogP contribution in [0.3, 0.4) is 0 Å². The van der Waals surface area contributed by atoms with Gasteiger partial charge in [-0.1, -0.05) is 13.3 Å². The molecule has 1 rings (SSSR count). The van der Waals surface area contributed by atoms with Gasteiger partial charge in [0.15, 0.2) is 0 Å². The number of nitrogens with zero attached hydrogens (tertiary/aromatic N) is 2. The normalized spacial score (nSPS) is 11.5. The van der Waals surface area contributed by atoms with E-state index in [4.69, 9.17) is 0 Å². The maximum atomic E-state index is 12.4. The number of rotatable bonds is 5. The Labute approximate surface area is 124 Å². The van der Waals surface area contributed by atoms with Crippen LogP contribution in [-0.2, 0) is 17.9 Å². The summed E-state index contributed by atoms with van der Waals surface area (Å²) in [5.41, 5.74) is -0.621. The third-order valence-electron chi connectivity index (χ3n) is 3.04. The first-order chi connectivity index (χ1) is 9.65. The van der Waals surface area contributed by atoms with Crippen LogP contribution in [0.25, 0.3) is 0 Å². The molecule has 0 spiro atoms. The summed E-state index contributed by atoms with van der Waals surface area (Å²) in [6.45, 7) is 9.63. The SMILES string of the molecule is CCCCn1c(C)cc(=O)n(CC(=O)NC(C)(C)C)c1=O. The van der Waals surface area contributed by atoms with Crippen molar-refractivity contribution in [1.29, 1.82) is 0 Å². The fraction of sp³-hybridized carbons (Fsp3) is 0.667. The number of amides is 1. The van der Waals surface area contributed by atoms with Crippen molar-refractivity contribution < 1.29 is 4.79 Å². The molecular formula is C15H25N3O3. The molecule has 1 aromatic heterocycles. The van der Waals surface area contributed by atoms with E-state index < -0.39 is 16.8 Å². The molecule has 6 heteroatoms. The Hall–Kier alpha value is -1.85. The number of carbonyl (C=O) groups excluding carboxylic acids is 1. The molecule has 0 saturated heterocycles. The second kappa shape index (κ2) is 6.74. The monoisotopic (exact) mass is 295 g/mol. The lowest BCUT2D eigenvalue weighted by Crippen LogP contribution is -2.47. The van der Waals surface area contributed by atoms with Crippen molar-refractivity contribution in [3.63, 3.8) is 0 Å². The summed E-state index contributed by atoms with van der Waals surface area (Å²) in [7, 11) is 0. The summed E-state index contributed by atoms with van der Waals surface area (Å²) in [4.78, 5) is 36.2. The van der Waals surface area contributed by atoms with Crippen LogP contribution >= 0.6 is 0 Å². The zero-order chi connectivity index (χ0) is 16.2. The Morgan fingerprint density at radius 3 is 2.38 bits per heavy atom. The first kappa shape index (κ1) is 17.2. The Morgan fingerprint density at radius 1 is 1.24 bits per heavy atom. The molecule has 6 nitrogen and oxygen atoms in total. The highest BCUT2D eigenvalue weighted by Gasteiger charge is 2.16.